The molecule has 1 aromatic heterocycles. The molecule has 0 bridgehead atoms. The third kappa shape index (κ3) is 3.89. The number of rotatable bonds is 4. The predicted molar refractivity (Wildman–Crippen MR) is 114 cm³/mol. The first-order chi connectivity index (χ1) is 14.2. The maximum absolute atomic E-state index is 12.7. The van der Waals surface area contributed by atoms with Crippen molar-refractivity contribution in [3.63, 3.8) is 0 Å². The molecule has 1 aliphatic heterocycles. The van der Waals surface area contributed by atoms with Gasteiger partial charge in [-0.1, -0.05) is 20.8 Å². The van der Waals surface area contributed by atoms with Gasteiger partial charge in [-0.2, -0.15) is 5.10 Å². The van der Waals surface area contributed by atoms with Gasteiger partial charge in [-0.25, -0.2) is 5.43 Å². The number of nitrogens with zero attached hydrogens (tertiary/aromatic N) is 2. The summed E-state index contributed by atoms with van der Waals surface area (Å²) in [7, 11) is 0. The van der Waals surface area contributed by atoms with Crippen LogP contribution in [0, 0.1) is 21.4 Å². The zero-order valence-corrected chi connectivity index (χ0v) is 17.9. The molecule has 1 N–H and O–H groups in total. The number of carbonyl (C=O) groups is 1. The molecule has 0 spiro atoms. The van der Waals surface area contributed by atoms with E-state index in [9.17, 15) is 14.9 Å². The molecule has 8 nitrogen and oxygen atoms in total. The molecule has 30 heavy (non-hydrogen) atoms. The van der Waals surface area contributed by atoms with Crippen molar-refractivity contribution in [3.8, 4) is 11.5 Å². The minimum Gasteiger partial charge on any atom is -0.454 e. The molecular formula is C21H23N3O5S. The number of hydrogen-bond donors (Lipinski definition) is 1. The van der Waals surface area contributed by atoms with Crippen LogP contribution in [0.1, 0.15) is 53.6 Å². The van der Waals surface area contributed by atoms with E-state index in [0.717, 1.165) is 24.8 Å². The summed E-state index contributed by atoms with van der Waals surface area (Å²) in [5.74, 6) is 1.03. The third-order valence-corrected chi connectivity index (χ3v) is 6.76. The Morgan fingerprint density at radius 3 is 2.77 bits per heavy atom. The van der Waals surface area contributed by atoms with Gasteiger partial charge in [0.05, 0.1) is 28.3 Å². The van der Waals surface area contributed by atoms with Crippen molar-refractivity contribution in [3.05, 3.63) is 49.2 Å². The second kappa shape index (κ2) is 7.71. The van der Waals surface area contributed by atoms with Crippen molar-refractivity contribution in [1.29, 1.82) is 0 Å². The van der Waals surface area contributed by atoms with Crippen molar-refractivity contribution in [2.24, 2.45) is 16.4 Å². The van der Waals surface area contributed by atoms with Crippen LogP contribution >= 0.6 is 11.3 Å². The number of amides is 1. The van der Waals surface area contributed by atoms with E-state index in [0.29, 0.717) is 23.0 Å². The van der Waals surface area contributed by atoms with E-state index >= 15 is 0 Å². The first kappa shape index (κ1) is 20.3. The van der Waals surface area contributed by atoms with Crippen molar-refractivity contribution < 1.29 is 19.2 Å². The lowest BCUT2D eigenvalue weighted by Crippen LogP contribution is -2.27. The van der Waals surface area contributed by atoms with Crippen LogP contribution in [-0.4, -0.2) is 23.8 Å². The Hall–Kier alpha value is -2.94. The number of thiophene rings is 1. The highest BCUT2D eigenvalue weighted by molar-refractivity contribution is 7.10. The molecule has 2 aromatic rings. The number of hydrazone groups is 1. The monoisotopic (exact) mass is 429 g/mol. The topological polar surface area (TPSA) is 103 Å². The van der Waals surface area contributed by atoms with E-state index in [-0.39, 0.29) is 29.4 Å². The Labute approximate surface area is 178 Å². The molecule has 9 heteroatoms. The van der Waals surface area contributed by atoms with Gasteiger partial charge in [0.25, 0.3) is 11.6 Å². The smallest absolute Gasteiger partial charge is 0.282 e. The van der Waals surface area contributed by atoms with Gasteiger partial charge >= 0.3 is 0 Å². The van der Waals surface area contributed by atoms with E-state index in [2.05, 4.69) is 31.3 Å². The van der Waals surface area contributed by atoms with Crippen LogP contribution < -0.4 is 14.9 Å². The SMILES string of the molecule is CC(C)(C)[C@@H]1CCc2c(C(=O)NN=Cc3cc4c(cc3[N+](=O)[O-])OCO4)csc2C1. The number of hydrogen-bond acceptors (Lipinski definition) is 7. The lowest BCUT2D eigenvalue weighted by Gasteiger charge is -2.33. The van der Waals surface area contributed by atoms with Crippen LogP contribution in [0.25, 0.3) is 0 Å². The molecule has 0 saturated carbocycles. The van der Waals surface area contributed by atoms with Crippen molar-refractivity contribution in [2.75, 3.05) is 6.79 Å². The van der Waals surface area contributed by atoms with Crippen LogP contribution in [0.5, 0.6) is 11.5 Å². The van der Waals surface area contributed by atoms with Gasteiger partial charge in [0.2, 0.25) is 6.79 Å². The molecule has 1 atom stereocenters. The molecular weight excluding hydrogens is 406 g/mol. The highest BCUT2D eigenvalue weighted by Crippen LogP contribution is 2.40. The number of carbonyl (C=O) groups excluding carboxylic acids is 1. The second-order valence-electron chi connectivity index (χ2n) is 8.58. The molecule has 0 saturated heterocycles. The fraction of sp³-hybridized carbons (Fsp3) is 0.429. The number of nitrogens with one attached hydrogen (secondary N) is 1. The largest absolute Gasteiger partial charge is 0.454 e. The van der Waals surface area contributed by atoms with E-state index < -0.39 is 4.92 Å². The van der Waals surface area contributed by atoms with Gasteiger partial charge in [0.15, 0.2) is 11.5 Å². The maximum atomic E-state index is 12.7. The highest BCUT2D eigenvalue weighted by Gasteiger charge is 2.31. The summed E-state index contributed by atoms with van der Waals surface area (Å²) in [4.78, 5) is 24.7. The number of ether oxygens (including phenoxy) is 2. The molecule has 2 heterocycles. The second-order valence-corrected chi connectivity index (χ2v) is 9.54. The first-order valence-electron chi connectivity index (χ1n) is 9.74. The van der Waals surface area contributed by atoms with Gasteiger partial charge < -0.3 is 9.47 Å². The van der Waals surface area contributed by atoms with Gasteiger partial charge in [-0.15, -0.1) is 11.3 Å². The average molecular weight is 429 g/mol. The molecule has 1 aromatic carbocycles. The zero-order valence-electron chi connectivity index (χ0n) is 17.1. The van der Waals surface area contributed by atoms with E-state index in [4.69, 9.17) is 9.47 Å². The summed E-state index contributed by atoms with van der Waals surface area (Å²) in [5.41, 5.74) is 4.54. The zero-order chi connectivity index (χ0) is 21.5. The standard InChI is InChI=1S/C21H23N3O5S/c1-21(2,3)13-4-5-14-15(10-30-19(14)7-13)20(25)23-22-9-12-6-17-18(29-11-28-17)8-16(12)24(26)27/h6,8-10,13H,4-5,7,11H2,1-3H3,(H,23,25)/t13-/m1/s1. The molecule has 1 aliphatic carbocycles. The fourth-order valence-corrected chi connectivity index (χ4v) is 5.03. The molecule has 0 unspecified atom stereocenters. The van der Waals surface area contributed by atoms with E-state index in [1.807, 2.05) is 5.38 Å². The number of fused-ring (bicyclic) bond motifs is 2. The first-order valence-corrected chi connectivity index (χ1v) is 10.6. The predicted octanol–water partition coefficient (Wildman–Crippen LogP) is 4.30. The van der Waals surface area contributed by atoms with Gasteiger partial charge in [-0.05, 0) is 42.2 Å². The Morgan fingerprint density at radius 2 is 2.07 bits per heavy atom. The molecule has 2 aliphatic rings. The van der Waals surface area contributed by atoms with E-state index in [1.54, 1.807) is 11.3 Å². The highest BCUT2D eigenvalue weighted by atomic mass is 32.1. The van der Waals surface area contributed by atoms with Crippen molar-refractivity contribution >= 4 is 29.1 Å². The number of nitro groups is 1. The third-order valence-electron chi connectivity index (χ3n) is 5.71. The van der Waals surface area contributed by atoms with Crippen LogP contribution in [0.4, 0.5) is 5.69 Å². The van der Waals surface area contributed by atoms with Crippen molar-refractivity contribution in [2.45, 2.75) is 40.0 Å². The van der Waals surface area contributed by atoms with Crippen LogP contribution in [0.2, 0.25) is 0 Å². The lowest BCUT2D eigenvalue weighted by atomic mass is 9.72. The maximum Gasteiger partial charge on any atom is 0.282 e. The Morgan fingerprint density at radius 1 is 1.33 bits per heavy atom. The van der Waals surface area contributed by atoms with Gasteiger partial charge in [0.1, 0.15) is 0 Å². The van der Waals surface area contributed by atoms with Crippen molar-refractivity contribution in [1.82, 2.24) is 5.43 Å². The summed E-state index contributed by atoms with van der Waals surface area (Å²) < 4.78 is 10.4. The van der Waals surface area contributed by atoms with Crippen LogP contribution in [-0.2, 0) is 12.8 Å². The summed E-state index contributed by atoms with van der Waals surface area (Å²) in [6.45, 7) is 6.79. The number of benzene rings is 1. The average Bonchev–Trinajstić information content (AvgIpc) is 3.32. The van der Waals surface area contributed by atoms with Gasteiger partial charge in [0, 0.05) is 10.3 Å². The summed E-state index contributed by atoms with van der Waals surface area (Å²) in [5, 5.41) is 17.2. The summed E-state index contributed by atoms with van der Waals surface area (Å²) in [6.07, 6.45) is 4.18. The summed E-state index contributed by atoms with van der Waals surface area (Å²) >= 11 is 1.62. The normalized spacial score (nSPS) is 17.8. The fourth-order valence-electron chi connectivity index (χ4n) is 3.87. The Balaban J connectivity index is 1.49. The molecule has 158 valence electrons. The van der Waals surface area contributed by atoms with Gasteiger partial charge in [-0.3, -0.25) is 14.9 Å². The van der Waals surface area contributed by atoms with E-state index in [1.165, 1.54) is 23.2 Å². The van der Waals surface area contributed by atoms with Crippen LogP contribution in [0.3, 0.4) is 0 Å². The lowest BCUT2D eigenvalue weighted by molar-refractivity contribution is -0.385. The molecule has 0 radical (unpaired) electrons. The minimum absolute atomic E-state index is 0.0170. The summed E-state index contributed by atoms with van der Waals surface area (Å²) in [6, 6.07) is 2.78. The number of nitro benzene ring substituents is 1. The Kier molecular flexibility index (Phi) is 5.23. The molecule has 4 rings (SSSR count). The minimum atomic E-state index is -0.522. The van der Waals surface area contributed by atoms with Crippen LogP contribution in [0.15, 0.2) is 22.6 Å². The molecule has 0 fully saturated rings. The quantitative estimate of drug-likeness (QED) is 0.443. The Bertz CT molecular complexity index is 1040. The molecule has 1 amide bonds.